The average Bonchev–Trinajstić information content (AvgIpc) is 2.80. The van der Waals surface area contributed by atoms with Crippen LogP contribution in [0.25, 0.3) is 21.4 Å². The minimum absolute atomic E-state index is 0. The Morgan fingerprint density at radius 2 is 0.891 bits per heavy atom. The van der Waals surface area contributed by atoms with E-state index in [0.29, 0.717) is 36.3 Å². The number of hydrogen-bond acceptors (Lipinski definition) is 5. The SMILES string of the molecule is CC(=NC(C)C)[N-]C(C)C.CC(=NC(C)C)[N-]C(C)C.CC(=NC(C)C)[N-]C(C)C.Cc1ccc(N=N[N-]C[Si](C)(C)C)cc1.[Th+4]. The fourth-order valence-corrected chi connectivity index (χ4v) is 3.77. The number of nitrogens with zero attached hydrogens (tertiary/aromatic N) is 9. The van der Waals surface area contributed by atoms with Crippen LogP contribution in [-0.2, 0) is 0 Å². The van der Waals surface area contributed by atoms with E-state index in [1.54, 1.807) is 0 Å². The standard InChI is InChI=1S/C11H18N3Si.3C8H17N2.Th/c1-10-5-7-11(8-6-10)13-14-12-9-15(2,3)4;3*1-6(2)9-8(5)10-7(3)4;/h5-8H,9H2,1-4H3;3*6-7H,1-5H3;/q4*-1;+4. The fourth-order valence-electron chi connectivity index (χ4n) is 3.28. The van der Waals surface area contributed by atoms with Crippen LogP contribution in [0.5, 0.6) is 0 Å². The van der Waals surface area contributed by atoms with Gasteiger partial charge in [-0.2, -0.15) is 0 Å². The molecule has 9 nitrogen and oxygen atoms in total. The summed E-state index contributed by atoms with van der Waals surface area (Å²) in [6.45, 7) is 39.3. The normalized spacial score (nSPS) is 12.3. The summed E-state index contributed by atoms with van der Waals surface area (Å²) in [7, 11) is -1.12. The van der Waals surface area contributed by atoms with Gasteiger partial charge in [0.15, 0.2) is 0 Å². The molecule has 1 aromatic carbocycles. The van der Waals surface area contributed by atoms with E-state index >= 15 is 0 Å². The zero-order valence-corrected chi connectivity index (χ0v) is 38.1. The molecule has 0 N–H and O–H groups in total. The number of aryl methyl sites for hydroxylation is 1. The first-order valence-corrected chi connectivity index (χ1v) is 20.1. The van der Waals surface area contributed by atoms with E-state index < -0.39 is 8.07 Å². The van der Waals surface area contributed by atoms with Crippen LogP contribution < -0.4 is 0 Å². The van der Waals surface area contributed by atoms with Gasteiger partial charge < -0.3 is 41.5 Å². The van der Waals surface area contributed by atoms with Gasteiger partial charge in [-0.25, -0.2) is 0 Å². The second-order valence-electron chi connectivity index (χ2n) is 13.9. The van der Waals surface area contributed by atoms with Crippen molar-refractivity contribution in [1.82, 2.24) is 0 Å². The van der Waals surface area contributed by atoms with Crippen molar-refractivity contribution in [3.63, 3.8) is 0 Å². The monoisotopic (exact) mass is 876 g/mol. The van der Waals surface area contributed by atoms with Crippen LogP contribution in [0.2, 0.25) is 19.6 Å². The minimum atomic E-state index is -1.12. The van der Waals surface area contributed by atoms with Crippen LogP contribution in [0, 0.1) is 46.9 Å². The van der Waals surface area contributed by atoms with Gasteiger partial charge in [0, 0.05) is 8.07 Å². The van der Waals surface area contributed by atoms with E-state index in [-0.39, 0.29) is 39.9 Å². The van der Waals surface area contributed by atoms with Crippen LogP contribution in [0.4, 0.5) is 5.69 Å². The molecule has 0 radical (unpaired) electrons. The van der Waals surface area contributed by atoms with Gasteiger partial charge in [0.2, 0.25) is 0 Å². The van der Waals surface area contributed by atoms with Crippen LogP contribution in [0.15, 0.2) is 49.6 Å². The van der Waals surface area contributed by atoms with Crippen LogP contribution in [0.1, 0.15) is 109 Å². The quantitative estimate of drug-likeness (QED) is 0.0732. The third-order valence-corrected chi connectivity index (χ3v) is 5.56. The summed E-state index contributed by atoms with van der Waals surface area (Å²) in [6.07, 6.45) is 0.836. The van der Waals surface area contributed by atoms with E-state index in [9.17, 15) is 0 Å². The summed E-state index contributed by atoms with van der Waals surface area (Å²) in [5, 5.41) is 20.7. The Hall–Kier alpha value is -1.43. The largest absolute Gasteiger partial charge is 4.00 e. The molecule has 1 aromatic rings. The molecule has 0 heterocycles. The Kier molecular flexibility index (Phi) is 33.2. The zero-order valence-electron chi connectivity index (χ0n) is 33.0. The van der Waals surface area contributed by atoms with Crippen molar-refractivity contribution in [2.75, 3.05) is 6.17 Å². The summed E-state index contributed by atoms with van der Waals surface area (Å²) in [4.78, 5) is 12.8. The van der Waals surface area contributed by atoms with Gasteiger partial charge in [0.1, 0.15) is 0 Å². The Morgan fingerprint density at radius 1 is 0.587 bits per heavy atom. The molecule has 0 saturated carbocycles. The molecule has 0 atom stereocenters. The van der Waals surface area contributed by atoms with E-state index in [0.717, 1.165) is 29.4 Å². The summed E-state index contributed by atoms with van der Waals surface area (Å²) < 4.78 is 0. The molecule has 0 aliphatic rings. The molecule has 0 aliphatic carbocycles. The molecule has 0 fully saturated rings. The molecule has 1 rings (SSSR count). The molecular formula is C35H69N9SiTh. The summed E-state index contributed by atoms with van der Waals surface area (Å²) in [5.74, 6) is 2.72. The van der Waals surface area contributed by atoms with E-state index in [2.05, 4.69) is 156 Å². The van der Waals surface area contributed by atoms with Gasteiger partial charge in [-0.3, -0.25) is 5.22 Å². The van der Waals surface area contributed by atoms with E-state index in [1.807, 2.05) is 45.0 Å². The van der Waals surface area contributed by atoms with Gasteiger partial charge in [0.05, 0.1) is 0 Å². The molecule has 11 heteroatoms. The number of hydrogen-bond donors (Lipinski definition) is 0. The molecule has 0 aliphatic heterocycles. The Labute approximate surface area is 318 Å². The van der Waals surface area contributed by atoms with Crippen molar-refractivity contribution in [1.29, 1.82) is 0 Å². The molecule has 0 unspecified atom stereocenters. The van der Waals surface area contributed by atoms with Crippen molar-refractivity contribution < 1.29 is 39.9 Å². The maximum atomic E-state index is 4.27. The van der Waals surface area contributed by atoms with Crippen molar-refractivity contribution in [2.45, 2.75) is 167 Å². The molecular weight excluding hydrogens is 807 g/mol. The van der Waals surface area contributed by atoms with Gasteiger partial charge >= 0.3 is 39.9 Å². The first-order chi connectivity index (χ1) is 20.5. The number of aliphatic imine (C=N–C) groups is 3. The third kappa shape index (κ3) is 44.7. The molecule has 0 amide bonds. The molecule has 0 aromatic heterocycles. The Balaban J connectivity index is -0.000000259. The minimum Gasteiger partial charge on any atom is -0.467 e. The first-order valence-electron chi connectivity index (χ1n) is 16.4. The first kappa shape index (κ1) is 51.4. The van der Waals surface area contributed by atoms with Crippen LogP contribution in [-0.4, -0.2) is 68.0 Å². The summed E-state index contributed by atoms with van der Waals surface area (Å²) >= 11 is 0. The van der Waals surface area contributed by atoms with E-state index in [1.165, 1.54) is 5.56 Å². The number of benzene rings is 1. The second kappa shape index (κ2) is 29.7. The second-order valence-corrected chi connectivity index (χ2v) is 19.3. The maximum absolute atomic E-state index is 4.27. The Morgan fingerprint density at radius 3 is 1.13 bits per heavy atom. The van der Waals surface area contributed by atoms with Crippen molar-refractivity contribution >= 4 is 31.3 Å². The maximum Gasteiger partial charge on any atom is 4.00 e. The third-order valence-electron chi connectivity index (χ3n) is 4.47. The van der Waals surface area contributed by atoms with Crippen molar-refractivity contribution in [3.05, 3.63) is 51.2 Å². The molecule has 0 bridgehead atoms. The molecule has 0 saturated heterocycles. The molecule has 46 heavy (non-hydrogen) atoms. The topological polar surface area (TPSA) is 118 Å². The molecule has 0 spiro atoms. The Bertz CT molecular complexity index is 905. The molecule has 262 valence electrons. The van der Waals surface area contributed by atoms with Crippen LogP contribution >= 0.6 is 0 Å². The van der Waals surface area contributed by atoms with Crippen LogP contribution in [0.3, 0.4) is 0 Å². The average molecular weight is 876 g/mol. The number of rotatable bonds is 10. The zero-order chi connectivity index (χ0) is 35.8. The summed E-state index contributed by atoms with van der Waals surface area (Å²) in [5.41, 5.74) is 6.17. The van der Waals surface area contributed by atoms with Crippen molar-refractivity contribution in [3.8, 4) is 0 Å². The predicted molar refractivity (Wildman–Crippen MR) is 207 cm³/mol. The van der Waals surface area contributed by atoms with Crippen molar-refractivity contribution in [2.24, 2.45) is 25.3 Å². The van der Waals surface area contributed by atoms with Gasteiger partial charge in [0.25, 0.3) is 0 Å². The van der Waals surface area contributed by atoms with E-state index in [4.69, 9.17) is 0 Å². The fraction of sp³-hybridized carbons (Fsp3) is 0.743. The number of amidine groups is 3. The smallest absolute Gasteiger partial charge is 0.467 e. The summed E-state index contributed by atoms with van der Waals surface area (Å²) in [6, 6.07) is 10.1. The predicted octanol–water partition coefficient (Wildman–Crippen LogP) is 12.0. The van der Waals surface area contributed by atoms with Gasteiger partial charge in [-0.1, -0.05) is 150 Å². The van der Waals surface area contributed by atoms with Gasteiger partial charge in [-0.05, 0) is 75.8 Å². The van der Waals surface area contributed by atoms with Gasteiger partial charge in [-0.15, -0.1) is 0 Å².